The van der Waals surface area contributed by atoms with Crippen LogP contribution in [0.25, 0.3) is 0 Å². The molecule has 0 spiro atoms. The Morgan fingerprint density at radius 1 is 0.296 bits per heavy atom. The standard InChI is InChI=1S/C65H118O6/c1-4-7-10-13-15-17-19-21-23-25-27-29-30-31-32-33-34-36-37-39-41-43-45-47-49-52-55-58-64(67)70-61-62(60-69-63(66)57-54-51-12-9-6-3)71-65(68)59-56-53-50-48-46-44-42-40-38-35-28-26-24-22-20-18-16-14-11-8-5-2/h7,10,15,17,21,23,27,29,62H,4-6,8-9,11-14,16,18-20,22,24-26,28,30-61H2,1-3H3/b10-7-,17-15-,23-21-,29-27-. The molecule has 0 aliphatic heterocycles. The van der Waals surface area contributed by atoms with Crippen LogP contribution in [0.1, 0.15) is 329 Å². The van der Waals surface area contributed by atoms with Crippen LogP contribution in [0.15, 0.2) is 48.6 Å². The Bertz CT molecular complexity index is 1230. The first kappa shape index (κ1) is 68.4. The third-order valence-corrected chi connectivity index (χ3v) is 13.8. The Morgan fingerprint density at radius 2 is 0.549 bits per heavy atom. The van der Waals surface area contributed by atoms with E-state index in [1.807, 2.05) is 0 Å². The van der Waals surface area contributed by atoms with E-state index in [0.29, 0.717) is 19.3 Å². The Hall–Kier alpha value is -2.63. The summed E-state index contributed by atoms with van der Waals surface area (Å²) < 4.78 is 16.8. The zero-order valence-electron chi connectivity index (χ0n) is 47.5. The number of rotatable bonds is 57. The van der Waals surface area contributed by atoms with E-state index in [4.69, 9.17) is 14.2 Å². The summed E-state index contributed by atoms with van der Waals surface area (Å²) in [5.41, 5.74) is 0. The molecule has 6 nitrogen and oxygen atoms in total. The third kappa shape index (κ3) is 58.1. The molecule has 0 radical (unpaired) electrons. The lowest BCUT2D eigenvalue weighted by atomic mass is 10.0. The second kappa shape index (κ2) is 59.9. The summed E-state index contributed by atoms with van der Waals surface area (Å²) in [4.78, 5) is 37.9. The molecule has 0 aromatic rings. The molecular weight excluding hydrogens is 877 g/mol. The maximum atomic E-state index is 12.8. The minimum absolute atomic E-state index is 0.0691. The lowest BCUT2D eigenvalue weighted by Crippen LogP contribution is -2.30. The molecule has 1 atom stereocenters. The fourth-order valence-electron chi connectivity index (χ4n) is 9.20. The SMILES string of the molecule is CC/C=C\C/C=C\C/C=C\C/C=C\CCCCCCCCCCCCCCCCC(=O)OCC(COC(=O)CCCCCCC)OC(=O)CCCCCCCCCCCCCCCCCCCCCCC. The highest BCUT2D eigenvalue weighted by atomic mass is 16.6. The van der Waals surface area contributed by atoms with Gasteiger partial charge < -0.3 is 14.2 Å². The van der Waals surface area contributed by atoms with Crippen LogP contribution in [-0.4, -0.2) is 37.2 Å². The number of carbonyl (C=O) groups is 3. The number of ether oxygens (including phenoxy) is 3. The molecule has 71 heavy (non-hydrogen) atoms. The minimum atomic E-state index is -0.766. The highest BCUT2D eigenvalue weighted by Crippen LogP contribution is 2.18. The Labute approximate surface area is 441 Å². The van der Waals surface area contributed by atoms with Crippen molar-refractivity contribution in [3.8, 4) is 0 Å². The molecule has 0 aliphatic carbocycles. The van der Waals surface area contributed by atoms with E-state index in [1.165, 1.54) is 199 Å². The highest BCUT2D eigenvalue weighted by molar-refractivity contribution is 5.71. The van der Waals surface area contributed by atoms with Gasteiger partial charge in [0.15, 0.2) is 6.10 Å². The van der Waals surface area contributed by atoms with E-state index in [-0.39, 0.29) is 31.1 Å². The molecule has 0 bridgehead atoms. The summed E-state index contributed by atoms with van der Waals surface area (Å²) in [6.07, 6.45) is 74.5. The Kier molecular flexibility index (Phi) is 57.7. The molecular formula is C65H118O6. The van der Waals surface area contributed by atoms with E-state index in [0.717, 1.165) is 89.9 Å². The third-order valence-electron chi connectivity index (χ3n) is 13.8. The van der Waals surface area contributed by atoms with Gasteiger partial charge in [-0.05, 0) is 57.8 Å². The van der Waals surface area contributed by atoms with Gasteiger partial charge in [-0.3, -0.25) is 14.4 Å². The van der Waals surface area contributed by atoms with Crippen LogP contribution < -0.4 is 0 Å². The van der Waals surface area contributed by atoms with Gasteiger partial charge in [0.1, 0.15) is 13.2 Å². The Morgan fingerprint density at radius 3 is 0.859 bits per heavy atom. The van der Waals surface area contributed by atoms with Crippen LogP contribution in [0.2, 0.25) is 0 Å². The van der Waals surface area contributed by atoms with Crippen LogP contribution >= 0.6 is 0 Å². The maximum absolute atomic E-state index is 12.8. The molecule has 0 aromatic carbocycles. The van der Waals surface area contributed by atoms with Gasteiger partial charge in [0.25, 0.3) is 0 Å². The number of carbonyl (C=O) groups excluding carboxylic acids is 3. The number of unbranched alkanes of at least 4 members (excludes halogenated alkanes) is 38. The van der Waals surface area contributed by atoms with Crippen molar-refractivity contribution in [1.29, 1.82) is 0 Å². The van der Waals surface area contributed by atoms with Gasteiger partial charge in [-0.15, -0.1) is 0 Å². The van der Waals surface area contributed by atoms with E-state index in [1.54, 1.807) is 0 Å². The molecule has 0 heterocycles. The summed E-state index contributed by atoms with van der Waals surface area (Å²) in [5.74, 6) is -0.864. The van der Waals surface area contributed by atoms with Gasteiger partial charge in [0.2, 0.25) is 0 Å². The monoisotopic (exact) mass is 995 g/mol. The minimum Gasteiger partial charge on any atom is -0.462 e. The molecule has 0 aliphatic rings. The van der Waals surface area contributed by atoms with Gasteiger partial charge in [-0.25, -0.2) is 0 Å². The molecule has 1 unspecified atom stereocenters. The molecule has 0 fully saturated rings. The molecule has 0 amide bonds. The summed E-state index contributed by atoms with van der Waals surface area (Å²) in [6.45, 7) is 6.49. The van der Waals surface area contributed by atoms with Crippen molar-refractivity contribution in [1.82, 2.24) is 0 Å². The smallest absolute Gasteiger partial charge is 0.306 e. The van der Waals surface area contributed by atoms with Crippen LogP contribution in [0.4, 0.5) is 0 Å². The summed E-state index contributed by atoms with van der Waals surface area (Å²) in [5, 5.41) is 0. The average Bonchev–Trinajstić information content (AvgIpc) is 3.37. The molecule has 0 rings (SSSR count). The zero-order chi connectivity index (χ0) is 51.4. The molecule has 414 valence electrons. The van der Waals surface area contributed by atoms with Gasteiger partial charge in [-0.1, -0.05) is 301 Å². The molecule has 0 aromatic heterocycles. The zero-order valence-corrected chi connectivity index (χ0v) is 47.5. The van der Waals surface area contributed by atoms with Gasteiger partial charge in [0.05, 0.1) is 0 Å². The van der Waals surface area contributed by atoms with Crippen molar-refractivity contribution in [3.63, 3.8) is 0 Å². The maximum Gasteiger partial charge on any atom is 0.306 e. The van der Waals surface area contributed by atoms with Gasteiger partial charge in [0, 0.05) is 19.3 Å². The quantitative estimate of drug-likeness (QED) is 0.0261. The summed E-state index contributed by atoms with van der Waals surface area (Å²) in [7, 11) is 0. The average molecular weight is 996 g/mol. The van der Waals surface area contributed by atoms with Crippen molar-refractivity contribution in [3.05, 3.63) is 48.6 Å². The van der Waals surface area contributed by atoms with Crippen LogP contribution in [0.3, 0.4) is 0 Å². The lowest BCUT2D eigenvalue weighted by molar-refractivity contribution is -0.167. The first-order valence-electron chi connectivity index (χ1n) is 31.1. The van der Waals surface area contributed by atoms with Gasteiger partial charge >= 0.3 is 17.9 Å². The lowest BCUT2D eigenvalue weighted by Gasteiger charge is -2.18. The first-order chi connectivity index (χ1) is 35.0. The van der Waals surface area contributed by atoms with Crippen molar-refractivity contribution in [2.24, 2.45) is 0 Å². The summed E-state index contributed by atoms with van der Waals surface area (Å²) in [6, 6.07) is 0. The van der Waals surface area contributed by atoms with Crippen molar-refractivity contribution in [2.45, 2.75) is 335 Å². The molecule has 0 N–H and O–H groups in total. The number of esters is 3. The number of hydrogen-bond donors (Lipinski definition) is 0. The van der Waals surface area contributed by atoms with Crippen molar-refractivity contribution >= 4 is 17.9 Å². The van der Waals surface area contributed by atoms with E-state index in [9.17, 15) is 14.4 Å². The fraction of sp³-hybridized carbons (Fsp3) is 0.831. The Balaban J connectivity index is 4.00. The molecule has 0 saturated heterocycles. The van der Waals surface area contributed by atoms with Crippen LogP contribution in [0.5, 0.6) is 0 Å². The largest absolute Gasteiger partial charge is 0.462 e. The predicted octanol–water partition coefficient (Wildman–Crippen LogP) is 21.0. The number of allylic oxidation sites excluding steroid dienone is 8. The topological polar surface area (TPSA) is 78.9 Å². The first-order valence-corrected chi connectivity index (χ1v) is 31.1. The molecule has 0 saturated carbocycles. The van der Waals surface area contributed by atoms with Crippen molar-refractivity contribution in [2.75, 3.05) is 13.2 Å². The normalized spacial score (nSPS) is 12.3. The van der Waals surface area contributed by atoms with Crippen LogP contribution in [0, 0.1) is 0 Å². The fourth-order valence-corrected chi connectivity index (χ4v) is 9.20. The molecule has 6 heteroatoms. The van der Waals surface area contributed by atoms with Crippen molar-refractivity contribution < 1.29 is 28.6 Å². The van der Waals surface area contributed by atoms with E-state index in [2.05, 4.69) is 69.4 Å². The van der Waals surface area contributed by atoms with E-state index >= 15 is 0 Å². The predicted molar refractivity (Wildman–Crippen MR) is 307 cm³/mol. The second-order valence-corrected chi connectivity index (χ2v) is 21.0. The summed E-state index contributed by atoms with van der Waals surface area (Å²) >= 11 is 0. The highest BCUT2D eigenvalue weighted by Gasteiger charge is 2.19. The van der Waals surface area contributed by atoms with Gasteiger partial charge in [-0.2, -0.15) is 0 Å². The van der Waals surface area contributed by atoms with E-state index < -0.39 is 6.10 Å². The number of hydrogen-bond acceptors (Lipinski definition) is 6. The second-order valence-electron chi connectivity index (χ2n) is 21.0. The van der Waals surface area contributed by atoms with Crippen LogP contribution in [-0.2, 0) is 28.6 Å².